The molecule has 5 aromatic carbocycles. The number of rotatable bonds is 5. The second kappa shape index (κ2) is 10.9. The van der Waals surface area contributed by atoms with Crippen molar-refractivity contribution in [3.63, 3.8) is 0 Å². The number of allylic oxidation sites excluding steroid dienone is 5. The van der Waals surface area contributed by atoms with Gasteiger partial charge in [-0.3, -0.25) is 4.57 Å². The molecule has 0 radical (unpaired) electrons. The first kappa shape index (κ1) is 26.6. The van der Waals surface area contributed by atoms with Crippen LogP contribution in [0.4, 0.5) is 0 Å². The molecule has 3 heterocycles. The molecule has 4 nitrogen and oxygen atoms in total. The number of benzene rings is 5. The fourth-order valence-corrected chi connectivity index (χ4v) is 6.34. The zero-order chi connectivity index (χ0) is 30.3. The van der Waals surface area contributed by atoms with Crippen molar-refractivity contribution in [1.29, 1.82) is 0 Å². The van der Waals surface area contributed by atoms with Crippen LogP contribution in [-0.4, -0.2) is 14.5 Å². The van der Waals surface area contributed by atoms with E-state index >= 15 is 0 Å². The minimum absolute atomic E-state index is 0.580. The largest absolute Gasteiger partial charge is 0.454 e. The van der Waals surface area contributed by atoms with Gasteiger partial charge in [0.15, 0.2) is 5.75 Å². The van der Waals surface area contributed by atoms with E-state index in [0.717, 1.165) is 78.1 Å². The van der Waals surface area contributed by atoms with Gasteiger partial charge in [-0.1, -0.05) is 128 Å². The highest BCUT2D eigenvalue weighted by atomic mass is 16.5. The number of ether oxygens (including phenoxy) is 1. The van der Waals surface area contributed by atoms with Crippen molar-refractivity contribution < 1.29 is 4.74 Å². The van der Waals surface area contributed by atoms with Crippen molar-refractivity contribution in [2.75, 3.05) is 0 Å². The van der Waals surface area contributed by atoms with E-state index in [1.807, 2.05) is 67.6 Å². The lowest BCUT2D eigenvalue weighted by Gasteiger charge is -2.15. The Morgan fingerprint density at radius 2 is 1.29 bits per heavy atom. The molecule has 7 aromatic rings. The van der Waals surface area contributed by atoms with Gasteiger partial charge in [0.25, 0.3) is 0 Å². The molecule has 0 bridgehead atoms. The van der Waals surface area contributed by atoms with Crippen molar-refractivity contribution in [2.45, 2.75) is 6.92 Å². The second-order valence-corrected chi connectivity index (χ2v) is 11.0. The number of aromatic nitrogens is 3. The third kappa shape index (κ3) is 4.38. The van der Waals surface area contributed by atoms with E-state index < -0.39 is 0 Å². The lowest BCUT2D eigenvalue weighted by molar-refractivity contribution is 0.485. The molecule has 0 atom stereocenters. The number of nitrogens with zero attached hydrogens (tertiary/aromatic N) is 3. The molecule has 0 N–H and O–H groups in total. The molecule has 0 amide bonds. The predicted molar refractivity (Wildman–Crippen MR) is 186 cm³/mol. The van der Waals surface area contributed by atoms with Gasteiger partial charge in [0.05, 0.1) is 16.9 Å². The summed E-state index contributed by atoms with van der Waals surface area (Å²) in [5.74, 6) is 2.12. The Balaban J connectivity index is 1.51. The van der Waals surface area contributed by atoms with Crippen LogP contribution in [0.5, 0.6) is 11.5 Å². The van der Waals surface area contributed by atoms with Gasteiger partial charge in [-0.25, -0.2) is 9.97 Å². The van der Waals surface area contributed by atoms with Gasteiger partial charge in [-0.15, -0.1) is 0 Å². The SMILES string of the molecule is C=CC1=C(/C=C\C)c2ccc3c4ccccc4n(-c4nc(-c5ccccc5)cc(-c5ccccc5)n4)c3c2Oc2ccccc21. The average molecular weight is 580 g/mol. The van der Waals surface area contributed by atoms with Crippen molar-refractivity contribution in [1.82, 2.24) is 14.5 Å². The fourth-order valence-electron chi connectivity index (χ4n) is 6.34. The van der Waals surface area contributed by atoms with E-state index in [4.69, 9.17) is 14.7 Å². The van der Waals surface area contributed by atoms with E-state index in [1.54, 1.807) is 0 Å². The van der Waals surface area contributed by atoms with Gasteiger partial charge in [-0.05, 0) is 42.3 Å². The van der Waals surface area contributed by atoms with Crippen LogP contribution in [0.1, 0.15) is 18.1 Å². The molecule has 0 fully saturated rings. The highest BCUT2D eigenvalue weighted by Crippen LogP contribution is 2.48. The molecular formula is C41H29N3O. The molecule has 0 unspecified atom stereocenters. The van der Waals surface area contributed by atoms with Crippen LogP contribution < -0.4 is 4.74 Å². The molecule has 45 heavy (non-hydrogen) atoms. The fraction of sp³-hybridized carbons (Fsp3) is 0.0244. The normalized spacial score (nSPS) is 12.6. The highest BCUT2D eigenvalue weighted by Gasteiger charge is 2.27. The van der Waals surface area contributed by atoms with Crippen LogP contribution >= 0.6 is 0 Å². The van der Waals surface area contributed by atoms with E-state index in [1.165, 1.54) is 0 Å². The monoisotopic (exact) mass is 579 g/mol. The Hall–Kier alpha value is -6.00. The third-order valence-electron chi connectivity index (χ3n) is 8.35. The highest BCUT2D eigenvalue weighted by molar-refractivity contribution is 6.14. The molecule has 2 aromatic heterocycles. The summed E-state index contributed by atoms with van der Waals surface area (Å²) in [6, 6.07) is 43.5. The molecule has 0 saturated carbocycles. The van der Waals surface area contributed by atoms with Crippen molar-refractivity contribution >= 4 is 33.0 Å². The maximum Gasteiger partial charge on any atom is 0.235 e. The summed E-state index contributed by atoms with van der Waals surface area (Å²) in [4.78, 5) is 10.5. The molecule has 0 saturated heterocycles. The van der Waals surface area contributed by atoms with Gasteiger partial charge in [0.2, 0.25) is 5.95 Å². The Bertz CT molecular complexity index is 2250. The van der Waals surface area contributed by atoms with Gasteiger partial charge in [0, 0.05) is 33.0 Å². The Morgan fingerprint density at radius 1 is 0.644 bits per heavy atom. The topological polar surface area (TPSA) is 39.9 Å². The summed E-state index contributed by atoms with van der Waals surface area (Å²) in [6.45, 7) is 6.23. The number of para-hydroxylation sites is 2. The van der Waals surface area contributed by atoms with Crippen LogP contribution in [0.3, 0.4) is 0 Å². The van der Waals surface area contributed by atoms with Crippen LogP contribution in [0.25, 0.3) is 61.4 Å². The minimum atomic E-state index is 0.580. The summed E-state index contributed by atoms with van der Waals surface area (Å²) in [5, 5.41) is 2.17. The lowest BCUT2D eigenvalue weighted by atomic mass is 9.93. The van der Waals surface area contributed by atoms with E-state index in [2.05, 4.69) is 96.1 Å². The molecule has 1 aliphatic heterocycles. The standard InChI is InChI=1S/C41H29N3O/c1-3-15-30-29(4-2)32-21-12-14-23-38(32)45-40-34(30)25-24-33-31-20-11-13-22-37(31)44(39(33)40)41-42-35(27-16-7-5-8-17-27)26-36(43-41)28-18-9-6-10-19-28/h3-26H,2H2,1H3/b15-3-. The van der Waals surface area contributed by atoms with Gasteiger partial charge >= 0.3 is 0 Å². The summed E-state index contributed by atoms with van der Waals surface area (Å²) in [6.07, 6.45) is 6.12. The zero-order valence-corrected chi connectivity index (χ0v) is 24.8. The Labute approximate surface area is 261 Å². The first-order valence-electron chi connectivity index (χ1n) is 15.1. The van der Waals surface area contributed by atoms with Crippen molar-refractivity contribution in [3.8, 4) is 40.0 Å². The maximum absolute atomic E-state index is 6.95. The Morgan fingerprint density at radius 3 is 1.98 bits per heavy atom. The first-order chi connectivity index (χ1) is 22.2. The molecule has 214 valence electrons. The zero-order valence-electron chi connectivity index (χ0n) is 24.8. The second-order valence-electron chi connectivity index (χ2n) is 11.0. The van der Waals surface area contributed by atoms with Crippen LogP contribution in [-0.2, 0) is 0 Å². The summed E-state index contributed by atoms with van der Waals surface area (Å²) in [5.41, 5.74) is 9.73. The van der Waals surface area contributed by atoms with Crippen LogP contribution in [0, 0.1) is 0 Å². The summed E-state index contributed by atoms with van der Waals surface area (Å²) >= 11 is 0. The number of fused-ring (bicyclic) bond motifs is 6. The first-order valence-corrected chi connectivity index (χ1v) is 15.1. The average Bonchev–Trinajstić information content (AvgIpc) is 3.37. The van der Waals surface area contributed by atoms with Gasteiger partial charge < -0.3 is 4.74 Å². The van der Waals surface area contributed by atoms with E-state index in [9.17, 15) is 0 Å². The number of hydrogen-bond donors (Lipinski definition) is 0. The quantitative estimate of drug-likeness (QED) is 0.204. The minimum Gasteiger partial charge on any atom is -0.454 e. The summed E-state index contributed by atoms with van der Waals surface area (Å²) < 4.78 is 9.11. The maximum atomic E-state index is 6.95. The molecule has 8 rings (SSSR count). The van der Waals surface area contributed by atoms with Crippen LogP contribution in [0.2, 0.25) is 0 Å². The molecule has 0 spiro atoms. The summed E-state index contributed by atoms with van der Waals surface area (Å²) in [7, 11) is 0. The van der Waals surface area contributed by atoms with Crippen molar-refractivity contribution in [2.24, 2.45) is 0 Å². The molecule has 0 aliphatic carbocycles. The third-order valence-corrected chi connectivity index (χ3v) is 8.35. The molecule has 4 heteroatoms. The van der Waals surface area contributed by atoms with Crippen LogP contribution in [0.15, 0.2) is 152 Å². The van der Waals surface area contributed by atoms with E-state index in [0.29, 0.717) is 5.95 Å². The molecule has 1 aliphatic rings. The van der Waals surface area contributed by atoms with Crippen molar-refractivity contribution in [3.05, 3.63) is 163 Å². The predicted octanol–water partition coefficient (Wildman–Crippen LogP) is 10.7. The molecular weight excluding hydrogens is 550 g/mol. The van der Waals surface area contributed by atoms with E-state index in [-0.39, 0.29) is 0 Å². The van der Waals surface area contributed by atoms with Gasteiger partial charge in [0.1, 0.15) is 11.3 Å². The van der Waals surface area contributed by atoms with Gasteiger partial charge in [-0.2, -0.15) is 0 Å². The smallest absolute Gasteiger partial charge is 0.235 e. The Kier molecular flexibility index (Phi) is 6.46. The number of hydrogen-bond acceptors (Lipinski definition) is 3. The lowest BCUT2D eigenvalue weighted by Crippen LogP contribution is -2.05.